The normalized spacial score (nSPS) is 12.1. The monoisotopic (exact) mass is 752 g/mol. The summed E-state index contributed by atoms with van der Waals surface area (Å²) in [5.41, 5.74) is 12.4. The maximum absolute atomic E-state index is 6.87. The van der Waals surface area contributed by atoms with E-state index in [1.807, 2.05) is 6.07 Å². The van der Waals surface area contributed by atoms with E-state index in [4.69, 9.17) is 14.4 Å². The van der Waals surface area contributed by atoms with Crippen LogP contribution in [0.4, 0.5) is 0 Å². The van der Waals surface area contributed by atoms with Gasteiger partial charge in [-0.1, -0.05) is 146 Å². The van der Waals surface area contributed by atoms with E-state index in [-0.39, 0.29) is 0 Å². The molecule has 0 amide bonds. The highest BCUT2D eigenvalue weighted by Gasteiger charge is 2.25. The molecular weight excluding hydrogens is 721 g/mol. The van der Waals surface area contributed by atoms with Gasteiger partial charge in [0.05, 0.1) is 44.4 Å². The number of furan rings is 1. The molecule has 0 aliphatic carbocycles. The Morgan fingerprint density at radius 1 is 0.356 bits per heavy atom. The number of fused-ring (bicyclic) bond motifs is 13. The maximum atomic E-state index is 6.87. The summed E-state index contributed by atoms with van der Waals surface area (Å²) in [6.45, 7) is 0. The molecule has 59 heavy (non-hydrogen) atoms. The van der Waals surface area contributed by atoms with Gasteiger partial charge in [0, 0.05) is 43.3 Å². The SMILES string of the molecule is c1ccc(-c2ccc(-c3nc(-n4c5ccccc5c5c6c7c8oc9ccccc9c8ccc7n(-c7cccc8ccccc78)c6ccc54)nc4ccccc34)cc2)cc1. The van der Waals surface area contributed by atoms with E-state index >= 15 is 0 Å². The molecule has 9 aromatic carbocycles. The van der Waals surface area contributed by atoms with Crippen molar-refractivity contribution < 1.29 is 4.42 Å². The van der Waals surface area contributed by atoms with Gasteiger partial charge in [0.15, 0.2) is 0 Å². The molecule has 5 heteroatoms. The average molecular weight is 753 g/mol. The number of hydrogen-bond acceptors (Lipinski definition) is 3. The second-order valence-corrected chi connectivity index (χ2v) is 15.3. The standard InChI is InChI=1S/C54H32N4O/c1-2-13-33(14-3-1)34-25-27-36(28-26-34)52-40-19-6-9-21-42(40)55-54(56-52)58-44-22-10-7-20-41(44)49-45(58)31-32-46-50(49)51-47(30-29-39-38-18-8-11-24-48(38)59-53(39)51)57(46)43-23-12-16-35-15-4-5-17-37(35)43/h1-32H. The highest BCUT2D eigenvalue weighted by molar-refractivity contribution is 6.34. The van der Waals surface area contributed by atoms with Crippen molar-refractivity contribution in [2.24, 2.45) is 0 Å². The van der Waals surface area contributed by atoms with Gasteiger partial charge in [-0.05, 0) is 65.0 Å². The third-order valence-corrected chi connectivity index (χ3v) is 12.1. The van der Waals surface area contributed by atoms with Crippen LogP contribution in [0.5, 0.6) is 0 Å². The minimum Gasteiger partial charge on any atom is -0.455 e. The van der Waals surface area contributed by atoms with E-state index in [2.05, 4.69) is 197 Å². The van der Waals surface area contributed by atoms with Crippen LogP contribution in [0.1, 0.15) is 0 Å². The third-order valence-electron chi connectivity index (χ3n) is 12.1. The van der Waals surface area contributed by atoms with Gasteiger partial charge in [0.1, 0.15) is 11.2 Å². The molecule has 0 saturated heterocycles. The lowest BCUT2D eigenvalue weighted by Crippen LogP contribution is -2.03. The summed E-state index contributed by atoms with van der Waals surface area (Å²) in [5, 5.41) is 10.1. The van der Waals surface area contributed by atoms with Crippen LogP contribution in [0.25, 0.3) is 121 Å². The number of para-hydroxylation sites is 3. The van der Waals surface area contributed by atoms with Crippen LogP contribution >= 0.6 is 0 Å². The summed E-state index contributed by atoms with van der Waals surface area (Å²) < 4.78 is 11.5. The summed E-state index contributed by atoms with van der Waals surface area (Å²) in [4.78, 5) is 10.8. The molecule has 0 fully saturated rings. The molecule has 0 atom stereocenters. The Kier molecular flexibility index (Phi) is 6.66. The lowest BCUT2D eigenvalue weighted by atomic mass is 10.0. The first-order valence-electron chi connectivity index (χ1n) is 20.0. The van der Waals surface area contributed by atoms with Gasteiger partial charge in [0.2, 0.25) is 5.95 Å². The molecule has 0 aliphatic heterocycles. The van der Waals surface area contributed by atoms with E-state index in [9.17, 15) is 0 Å². The van der Waals surface area contributed by atoms with Gasteiger partial charge >= 0.3 is 0 Å². The van der Waals surface area contributed by atoms with Crippen molar-refractivity contribution in [3.05, 3.63) is 194 Å². The Labute approximate surface area is 337 Å². The largest absolute Gasteiger partial charge is 0.455 e. The molecule has 0 saturated carbocycles. The van der Waals surface area contributed by atoms with E-state index in [1.54, 1.807) is 0 Å². The molecular formula is C54H32N4O. The topological polar surface area (TPSA) is 48.8 Å². The number of nitrogens with zero attached hydrogens (tertiary/aromatic N) is 4. The Morgan fingerprint density at radius 2 is 0.983 bits per heavy atom. The highest BCUT2D eigenvalue weighted by Crippen LogP contribution is 2.46. The fraction of sp³-hybridized carbons (Fsp3) is 0. The Hall–Kier alpha value is -8.02. The predicted molar refractivity (Wildman–Crippen MR) is 244 cm³/mol. The van der Waals surface area contributed by atoms with Gasteiger partial charge in [-0.15, -0.1) is 0 Å². The quantitative estimate of drug-likeness (QED) is 0.180. The van der Waals surface area contributed by atoms with Crippen LogP contribution in [0.15, 0.2) is 199 Å². The van der Waals surface area contributed by atoms with Crippen molar-refractivity contribution in [1.82, 2.24) is 19.1 Å². The van der Waals surface area contributed by atoms with Gasteiger partial charge in [0.25, 0.3) is 0 Å². The molecule has 0 radical (unpaired) electrons. The fourth-order valence-corrected chi connectivity index (χ4v) is 9.54. The molecule has 4 aromatic heterocycles. The van der Waals surface area contributed by atoms with Gasteiger partial charge < -0.3 is 8.98 Å². The summed E-state index contributed by atoms with van der Waals surface area (Å²) in [6, 6.07) is 68.8. The molecule has 5 nitrogen and oxygen atoms in total. The summed E-state index contributed by atoms with van der Waals surface area (Å²) in [5.74, 6) is 0.628. The van der Waals surface area contributed by atoms with Crippen LogP contribution in [0.2, 0.25) is 0 Å². The van der Waals surface area contributed by atoms with Gasteiger partial charge in [-0.2, -0.15) is 0 Å². The second-order valence-electron chi connectivity index (χ2n) is 15.3. The second kappa shape index (κ2) is 12.2. The molecule has 274 valence electrons. The zero-order chi connectivity index (χ0) is 38.6. The molecule has 13 aromatic rings. The summed E-state index contributed by atoms with van der Waals surface area (Å²) >= 11 is 0. The number of rotatable bonds is 4. The molecule has 0 unspecified atom stereocenters. The predicted octanol–water partition coefficient (Wildman–Crippen LogP) is 14.2. The molecule has 0 bridgehead atoms. The Balaban J connectivity index is 1.15. The summed E-state index contributed by atoms with van der Waals surface area (Å²) in [6.07, 6.45) is 0. The first kappa shape index (κ1) is 32.1. The number of aromatic nitrogens is 4. The van der Waals surface area contributed by atoms with E-state index < -0.39 is 0 Å². The van der Waals surface area contributed by atoms with Crippen LogP contribution in [-0.2, 0) is 0 Å². The zero-order valence-corrected chi connectivity index (χ0v) is 31.7. The lowest BCUT2D eigenvalue weighted by Gasteiger charge is -2.13. The molecule has 0 aliphatic rings. The lowest BCUT2D eigenvalue weighted by molar-refractivity contribution is 0.673. The minimum absolute atomic E-state index is 0.628. The molecule has 4 heterocycles. The van der Waals surface area contributed by atoms with Gasteiger partial charge in [-0.3, -0.25) is 4.57 Å². The Bertz CT molecular complexity index is 3830. The average Bonchev–Trinajstić information content (AvgIpc) is 3.96. The first-order valence-corrected chi connectivity index (χ1v) is 20.0. The summed E-state index contributed by atoms with van der Waals surface area (Å²) in [7, 11) is 0. The van der Waals surface area contributed by atoms with Gasteiger partial charge in [-0.25, -0.2) is 9.97 Å². The molecule has 0 spiro atoms. The maximum Gasteiger partial charge on any atom is 0.235 e. The number of hydrogen-bond donors (Lipinski definition) is 0. The molecule has 0 N–H and O–H groups in total. The zero-order valence-electron chi connectivity index (χ0n) is 31.7. The number of benzene rings is 9. The minimum atomic E-state index is 0.628. The van der Waals surface area contributed by atoms with E-state index in [0.717, 1.165) is 93.4 Å². The van der Waals surface area contributed by atoms with Crippen molar-refractivity contribution in [2.45, 2.75) is 0 Å². The van der Waals surface area contributed by atoms with Crippen LogP contribution in [0.3, 0.4) is 0 Å². The highest BCUT2D eigenvalue weighted by atomic mass is 16.3. The first-order chi connectivity index (χ1) is 29.3. The smallest absolute Gasteiger partial charge is 0.235 e. The van der Waals surface area contributed by atoms with Crippen molar-refractivity contribution in [3.8, 4) is 34.0 Å². The van der Waals surface area contributed by atoms with Crippen molar-refractivity contribution in [2.75, 3.05) is 0 Å². The van der Waals surface area contributed by atoms with Crippen LogP contribution in [0, 0.1) is 0 Å². The van der Waals surface area contributed by atoms with E-state index in [1.165, 1.54) is 21.9 Å². The molecule has 13 rings (SSSR count). The Morgan fingerprint density at radius 3 is 1.85 bits per heavy atom. The van der Waals surface area contributed by atoms with Crippen molar-refractivity contribution >= 4 is 87.2 Å². The third kappa shape index (κ3) is 4.61. The van der Waals surface area contributed by atoms with Crippen molar-refractivity contribution in [3.63, 3.8) is 0 Å². The fourth-order valence-electron chi connectivity index (χ4n) is 9.54. The van der Waals surface area contributed by atoms with Crippen LogP contribution < -0.4 is 0 Å². The van der Waals surface area contributed by atoms with Crippen molar-refractivity contribution in [1.29, 1.82) is 0 Å². The van der Waals surface area contributed by atoms with E-state index in [0.29, 0.717) is 5.95 Å². The van der Waals surface area contributed by atoms with Crippen LogP contribution in [-0.4, -0.2) is 19.1 Å².